The molecule has 0 aromatic rings. The highest BCUT2D eigenvalue weighted by molar-refractivity contribution is 7.56. The number of halogens is 2. The minimum Gasteiger partial charge on any atom is -0.306 e. The molecule has 0 bridgehead atoms. The molecule has 104 valence electrons. The molecule has 0 saturated heterocycles. The normalized spacial score (nSPS) is 19.4. The van der Waals surface area contributed by atoms with Crippen LogP contribution in [-0.4, -0.2) is 30.1 Å². The van der Waals surface area contributed by atoms with Crippen LogP contribution in [0.25, 0.3) is 0 Å². The molecule has 18 heavy (non-hydrogen) atoms. The minimum absolute atomic E-state index is 0.171. The van der Waals surface area contributed by atoms with Crippen LogP contribution in [0.15, 0.2) is 0 Å². The van der Waals surface area contributed by atoms with E-state index in [-0.39, 0.29) is 25.0 Å². The van der Waals surface area contributed by atoms with Crippen molar-refractivity contribution in [1.82, 2.24) is 0 Å². The molecule has 0 unspecified atom stereocenters. The largest absolute Gasteiger partial charge is 0.348 e. The highest BCUT2D eigenvalue weighted by Crippen LogP contribution is 2.64. The second kappa shape index (κ2) is 7.78. The second-order valence-electron chi connectivity index (χ2n) is 4.28. The first-order valence-electron chi connectivity index (χ1n) is 6.13. The van der Waals surface area contributed by atoms with Crippen molar-refractivity contribution in [3.8, 4) is 12.3 Å². The molecule has 0 atom stereocenters. The topological polar surface area (TPSA) is 35.5 Å². The summed E-state index contributed by atoms with van der Waals surface area (Å²) in [7, 11) is -3.36. The van der Waals surface area contributed by atoms with Gasteiger partial charge in [-0.3, -0.25) is 4.57 Å². The zero-order valence-corrected chi connectivity index (χ0v) is 12.8. The van der Waals surface area contributed by atoms with Gasteiger partial charge in [-0.2, -0.15) is 0 Å². The van der Waals surface area contributed by atoms with Crippen molar-refractivity contribution in [3.05, 3.63) is 0 Å². The summed E-state index contributed by atoms with van der Waals surface area (Å²) in [5, 5.41) is -0.802. The number of rotatable bonds is 7. The highest BCUT2D eigenvalue weighted by atomic mass is 35.5. The van der Waals surface area contributed by atoms with Crippen molar-refractivity contribution in [3.63, 3.8) is 0 Å². The summed E-state index contributed by atoms with van der Waals surface area (Å²) in [5.74, 6) is 3.19. The number of hydrogen-bond donors (Lipinski definition) is 0. The average molecular weight is 313 g/mol. The first-order chi connectivity index (χ1) is 8.64. The van der Waals surface area contributed by atoms with Crippen LogP contribution < -0.4 is 0 Å². The molecule has 0 heterocycles. The second-order valence-corrected chi connectivity index (χ2v) is 7.40. The summed E-state index contributed by atoms with van der Waals surface area (Å²) < 4.78 is 23.8. The van der Waals surface area contributed by atoms with E-state index >= 15 is 0 Å². The van der Waals surface area contributed by atoms with E-state index in [2.05, 4.69) is 5.92 Å². The smallest absolute Gasteiger partial charge is 0.306 e. The van der Waals surface area contributed by atoms with Gasteiger partial charge in [-0.1, -0.05) is 25.2 Å². The molecule has 1 rings (SSSR count). The maximum Gasteiger partial charge on any atom is 0.348 e. The summed E-state index contributed by atoms with van der Waals surface area (Å²) in [6, 6.07) is 0. The Bertz CT molecular complexity index is 323. The average Bonchev–Trinajstić information content (AvgIpc) is 2.43. The molecule has 0 aliphatic heterocycles. The molecule has 0 amide bonds. The molecule has 0 radical (unpaired) electrons. The summed E-state index contributed by atoms with van der Waals surface area (Å²) in [6.07, 6.45) is 9.96. The first kappa shape index (κ1) is 16.3. The van der Waals surface area contributed by atoms with E-state index in [0.29, 0.717) is 12.8 Å². The van der Waals surface area contributed by atoms with Gasteiger partial charge in [0.15, 0.2) is 0 Å². The molecule has 3 nitrogen and oxygen atoms in total. The van der Waals surface area contributed by atoms with Gasteiger partial charge >= 0.3 is 7.60 Å². The zero-order valence-electron chi connectivity index (χ0n) is 10.4. The van der Waals surface area contributed by atoms with Crippen molar-refractivity contribution >= 4 is 30.8 Å². The van der Waals surface area contributed by atoms with Crippen LogP contribution in [0.5, 0.6) is 0 Å². The lowest BCUT2D eigenvalue weighted by Crippen LogP contribution is -2.32. The molecular weight excluding hydrogens is 294 g/mol. The van der Waals surface area contributed by atoms with Gasteiger partial charge in [0.1, 0.15) is 5.16 Å². The van der Waals surface area contributed by atoms with Crippen molar-refractivity contribution in [2.45, 2.75) is 37.3 Å². The summed E-state index contributed by atoms with van der Waals surface area (Å²) in [6.45, 7) is 0.342. The Labute approximate surface area is 119 Å². The standard InChI is InChI=1S/C12H19Cl2O3P/c1-2-12(6-4-3-5-7-12)18(15,16-10-8-13)17-11-9-14/h1H,3-11H2. The SMILES string of the molecule is C#CC1(P(=O)(OCCCl)OCCCl)CCCCC1. The van der Waals surface area contributed by atoms with Crippen LogP contribution in [-0.2, 0) is 13.6 Å². The fourth-order valence-electron chi connectivity index (χ4n) is 2.23. The third-order valence-electron chi connectivity index (χ3n) is 3.15. The van der Waals surface area contributed by atoms with Crippen molar-refractivity contribution in [2.24, 2.45) is 0 Å². The van der Waals surface area contributed by atoms with Crippen LogP contribution in [0, 0.1) is 12.3 Å². The van der Waals surface area contributed by atoms with Crippen molar-refractivity contribution < 1.29 is 13.6 Å². The van der Waals surface area contributed by atoms with Gasteiger partial charge < -0.3 is 9.05 Å². The molecule has 0 aromatic carbocycles. The van der Waals surface area contributed by atoms with E-state index in [1.807, 2.05) is 0 Å². The molecule has 0 spiro atoms. The van der Waals surface area contributed by atoms with E-state index < -0.39 is 12.8 Å². The van der Waals surface area contributed by atoms with Gasteiger partial charge in [0.2, 0.25) is 0 Å². The zero-order chi connectivity index (χ0) is 13.5. The Morgan fingerprint density at radius 1 is 1.11 bits per heavy atom. The lowest BCUT2D eigenvalue weighted by molar-refractivity contribution is 0.196. The summed E-state index contributed by atoms with van der Waals surface area (Å²) in [4.78, 5) is 0. The Morgan fingerprint density at radius 2 is 1.61 bits per heavy atom. The van der Waals surface area contributed by atoms with Gasteiger partial charge in [0.25, 0.3) is 0 Å². The van der Waals surface area contributed by atoms with Gasteiger partial charge in [-0.05, 0) is 12.8 Å². The predicted molar refractivity (Wildman–Crippen MR) is 75.6 cm³/mol. The van der Waals surface area contributed by atoms with E-state index in [9.17, 15) is 4.57 Å². The number of alkyl halides is 2. The van der Waals surface area contributed by atoms with E-state index in [0.717, 1.165) is 19.3 Å². The first-order valence-corrected chi connectivity index (χ1v) is 8.74. The fraction of sp³-hybridized carbons (Fsp3) is 0.833. The maximum atomic E-state index is 12.9. The monoisotopic (exact) mass is 312 g/mol. The Kier molecular flexibility index (Phi) is 7.06. The predicted octanol–water partition coefficient (Wildman–Crippen LogP) is 4.03. The van der Waals surface area contributed by atoms with Crippen LogP contribution in [0.3, 0.4) is 0 Å². The number of hydrogen-bond acceptors (Lipinski definition) is 3. The Balaban J connectivity index is 2.91. The molecule has 0 N–H and O–H groups in total. The lowest BCUT2D eigenvalue weighted by Gasteiger charge is -2.37. The van der Waals surface area contributed by atoms with Gasteiger partial charge in [-0.15, -0.1) is 29.6 Å². The lowest BCUT2D eigenvalue weighted by atomic mass is 9.89. The van der Waals surface area contributed by atoms with Crippen LogP contribution in [0.4, 0.5) is 0 Å². The highest BCUT2D eigenvalue weighted by Gasteiger charge is 2.50. The van der Waals surface area contributed by atoms with Crippen LogP contribution >= 0.6 is 30.8 Å². The van der Waals surface area contributed by atoms with Gasteiger partial charge in [0.05, 0.1) is 13.2 Å². The minimum atomic E-state index is -3.36. The van der Waals surface area contributed by atoms with Gasteiger partial charge in [0, 0.05) is 11.8 Å². The fourth-order valence-corrected chi connectivity index (χ4v) is 4.85. The summed E-state index contributed by atoms with van der Waals surface area (Å²) >= 11 is 11.2. The molecule has 1 aliphatic carbocycles. The molecule has 1 fully saturated rings. The third-order valence-corrected chi connectivity index (χ3v) is 6.13. The third kappa shape index (κ3) is 3.65. The molecule has 6 heteroatoms. The van der Waals surface area contributed by atoms with E-state index in [1.54, 1.807) is 0 Å². The molecular formula is C12H19Cl2O3P. The quantitative estimate of drug-likeness (QED) is 0.404. The van der Waals surface area contributed by atoms with Crippen LogP contribution in [0.1, 0.15) is 32.1 Å². The van der Waals surface area contributed by atoms with Gasteiger partial charge in [-0.25, -0.2) is 0 Å². The van der Waals surface area contributed by atoms with E-state index in [1.165, 1.54) is 0 Å². The van der Waals surface area contributed by atoms with Crippen LogP contribution in [0.2, 0.25) is 0 Å². The Morgan fingerprint density at radius 3 is 2.00 bits per heavy atom. The molecule has 1 aliphatic rings. The summed E-state index contributed by atoms with van der Waals surface area (Å²) in [5.41, 5.74) is 0. The van der Waals surface area contributed by atoms with E-state index in [4.69, 9.17) is 38.7 Å². The van der Waals surface area contributed by atoms with Crippen molar-refractivity contribution in [1.29, 1.82) is 0 Å². The molecule has 0 aromatic heterocycles. The maximum absolute atomic E-state index is 12.9. The number of terminal acetylenes is 1. The molecule has 1 saturated carbocycles. The Hall–Kier alpha value is 0.290. The van der Waals surface area contributed by atoms with Crippen molar-refractivity contribution in [2.75, 3.05) is 25.0 Å².